The zero-order chi connectivity index (χ0) is 40.9. The molecule has 0 fully saturated rings. The molecule has 6 aromatic carbocycles. The van der Waals surface area contributed by atoms with Crippen LogP contribution in [0, 0.1) is 6.33 Å². The van der Waals surface area contributed by atoms with Crippen LogP contribution < -0.4 is 9.30 Å². The minimum absolute atomic E-state index is 0.0586. The highest BCUT2D eigenvalue weighted by atomic mass is 16.5. The van der Waals surface area contributed by atoms with Crippen LogP contribution in [0.5, 0.6) is 11.5 Å². The summed E-state index contributed by atoms with van der Waals surface area (Å²) in [5.74, 6) is 2.35. The largest absolute Gasteiger partial charge is 0.458 e. The van der Waals surface area contributed by atoms with Gasteiger partial charge in [-0.1, -0.05) is 139 Å². The lowest BCUT2D eigenvalue weighted by Crippen LogP contribution is -2.29. The molecule has 0 amide bonds. The Hall–Kier alpha value is -6.72. The molecule has 0 radical (unpaired) electrons. The lowest BCUT2D eigenvalue weighted by molar-refractivity contribution is -0.599. The standard InChI is InChI=1S/C54H50N4O/c1-52(2,3)40-21-14-22-42(33-40)56-31-32-57(37-56)43-23-15-24-44(35-43)59-45-27-28-46-49(36-45)58(50-34-41(29-30-55-50)53(4,5)38-17-10-8-11-18-38)48-26-16-25-47(51(46)48)54(6,7)39-19-12-9-13-20-39/h8-36H,1-7H3. The second-order valence-electron chi connectivity index (χ2n) is 17.6. The lowest BCUT2D eigenvalue weighted by Gasteiger charge is -2.27. The molecule has 0 saturated carbocycles. The molecule has 9 aromatic rings. The van der Waals surface area contributed by atoms with Crippen LogP contribution in [0.3, 0.4) is 0 Å². The number of hydrogen-bond donors (Lipinski definition) is 0. The maximum absolute atomic E-state index is 6.72. The number of fused-ring (bicyclic) bond motifs is 3. The third-order valence-electron chi connectivity index (χ3n) is 12.0. The number of hydrogen-bond acceptors (Lipinski definition) is 2. The molecule has 0 atom stereocenters. The van der Waals surface area contributed by atoms with Gasteiger partial charge in [0.15, 0.2) is 0 Å². The zero-order valence-corrected chi connectivity index (χ0v) is 34.9. The summed E-state index contributed by atoms with van der Waals surface area (Å²) < 4.78 is 13.1. The van der Waals surface area contributed by atoms with Gasteiger partial charge in [-0.3, -0.25) is 13.7 Å². The molecule has 59 heavy (non-hydrogen) atoms. The second-order valence-corrected chi connectivity index (χ2v) is 17.6. The van der Waals surface area contributed by atoms with E-state index in [9.17, 15) is 0 Å². The summed E-state index contributed by atoms with van der Waals surface area (Å²) in [6.07, 6.45) is 9.52. The summed E-state index contributed by atoms with van der Waals surface area (Å²) in [6, 6.07) is 55.8. The van der Waals surface area contributed by atoms with Gasteiger partial charge in [0.2, 0.25) is 0 Å². The number of aromatic nitrogens is 4. The molecule has 5 nitrogen and oxygen atoms in total. The third-order valence-corrected chi connectivity index (χ3v) is 12.0. The molecule has 0 N–H and O–H groups in total. The average molecular weight is 771 g/mol. The first-order chi connectivity index (χ1) is 28.4. The Kier molecular flexibility index (Phi) is 9.35. The Labute approximate surface area is 347 Å². The predicted molar refractivity (Wildman–Crippen MR) is 241 cm³/mol. The van der Waals surface area contributed by atoms with Crippen LogP contribution in [0.2, 0.25) is 0 Å². The number of ether oxygens (including phenoxy) is 1. The van der Waals surface area contributed by atoms with Gasteiger partial charge in [0, 0.05) is 46.3 Å². The summed E-state index contributed by atoms with van der Waals surface area (Å²) in [5.41, 5.74) is 9.99. The molecule has 9 rings (SSSR count). The van der Waals surface area contributed by atoms with Crippen molar-refractivity contribution in [3.8, 4) is 28.7 Å². The number of pyridine rings is 1. The van der Waals surface area contributed by atoms with Gasteiger partial charge in [0.05, 0.1) is 22.4 Å². The molecular formula is C54H50N4O. The highest BCUT2D eigenvalue weighted by Gasteiger charge is 2.29. The summed E-state index contributed by atoms with van der Waals surface area (Å²) >= 11 is 0. The van der Waals surface area contributed by atoms with Crippen molar-refractivity contribution in [2.24, 2.45) is 0 Å². The first-order valence-corrected chi connectivity index (χ1v) is 20.5. The number of benzene rings is 6. The highest BCUT2D eigenvalue weighted by molar-refractivity contribution is 6.11. The quantitative estimate of drug-likeness (QED) is 0.108. The average Bonchev–Trinajstić information content (AvgIpc) is 3.88. The Morgan fingerprint density at radius 2 is 1.24 bits per heavy atom. The first-order valence-electron chi connectivity index (χ1n) is 20.5. The molecule has 0 aliphatic heterocycles. The predicted octanol–water partition coefficient (Wildman–Crippen LogP) is 12.8. The second kappa shape index (κ2) is 14.6. The van der Waals surface area contributed by atoms with Crippen molar-refractivity contribution in [2.45, 2.75) is 64.7 Å². The smallest absolute Gasteiger partial charge is 0.268 e. The molecule has 3 heterocycles. The van der Waals surface area contributed by atoms with Gasteiger partial charge in [-0.15, -0.1) is 0 Å². The van der Waals surface area contributed by atoms with Crippen molar-refractivity contribution < 1.29 is 9.30 Å². The Morgan fingerprint density at radius 1 is 0.559 bits per heavy atom. The molecule has 0 aliphatic rings. The van der Waals surface area contributed by atoms with Crippen LogP contribution in [0.4, 0.5) is 0 Å². The van der Waals surface area contributed by atoms with E-state index < -0.39 is 0 Å². The minimum Gasteiger partial charge on any atom is -0.458 e. The normalized spacial score (nSPS) is 12.3. The van der Waals surface area contributed by atoms with Gasteiger partial charge in [-0.25, -0.2) is 4.98 Å². The van der Waals surface area contributed by atoms with Gasteiger partial charge in [0.25, 0.3) is 6.33 Å². The van der Waals surface area contributed by atoms with Gasteiger partial charge < -0.3 is 4.74 Å². The summed E-state index contributed by atoms with van der Waals surface area (Å²) in [5, 5.41) is 2.36. The molecule has 292 valence electrons. The fraction of sp³-hybridized carbons (Fsp3) is 0.185. The van der Waals surface area contributed by atoms with Gasteiger partial charge in [-0.2, -0.15) is 0 Å². The maximum Gasteiger partial charge on any atom is 0.268 e. The van der Waals surface area contributed by atoms with E-state index in [1.54, 1.807) is 0 Å². The van der Waals surface area contributed by atoms with Crippen molar-refractivity contribution in [3.05, 3.63) is 210 Å². The third kappa shape index (κ3) is 7.01. The molecule has 0 saturated heterocycles. The molecular weight excluding hydrogens is 721 g/mol. The fourth-order valence-corrected chi connectivity index (χ4v) is 8.40. The van der Waals surface area contributed by atoms with E-state index in [1.807, 2.05) is 39.9 Å². The molecule has 3 aromatic heterocycles. The Bertz CT molecular complexity index is 2950. The summed E-state index contributed by atoms with van der Waals surface area (Å²) in [6.45, 7) is 15.9. The molecule has 0 unspecified atom stereocenters. The Morgan fingerprint density at radius 3 is 1.98 bits per heavy atom. The van der Waals surface area contributed by atoms with Crippen molar-refractivity contribution in [2.75, 3.05) is 0 Å². The van der Waals surface area contributed by atoms with E-state index in [-0.39, 0.29) is 16.2 Å². The minimum atomic E-state index is -0.261. The van der Waals surface area contributed by atoms with Crippen LogP contribution in [-0.4, -0.2) is 14.1 Å². The number of imidazole rings is 1. The number of nitrogens with zero attached hydrogens (tertiary/aromatic N) is 4. The SMILES string of the molecule is CC(C)(C)c1cccc(-[n+]2[c-]n(-c3cccc(Oc4ccc5c6c(C(C)(C)c7ccccc7)cccc6n(-c6cc(C(C)(C)c7ccccc7)ccn6)c5c4)c3)cc2)c1. The van der Waals surface area contributed by atoms with Crippen LogP contribution >= 0.6 is 0 Å². The molecule has 0 bridgehead atoms. The van der Waals surface area contributed by atoms with Gasteiger partial charge in [-0.05, 0) is 93.9 Å². The molecule has 0 spiro atoms. The van der Waals surface area contributed by atoms with Crippen molar-refractivity contribution in [1.82, 2.24) is 14.1 Å². The van der Waals surface area contributed by atoms with Crippen LogP contribution in [0.15, 0.2) is 176 Å². The van der Waals surface area contributed by atoms with Crippen molar-refractivity contribution >= 4 is 21.8 Å². The van der Waals surface area contributed by atoms with Gasteiger partial charge >= 0.3 is 0 Å². The fourth-order valence-electron chi connectivity index (χ4n) is 8.40. The Balaban J connectivity index is 1.14. The summed E-state index contributed by atoms with van der Waals surface area (Å²) in [7, 11) is 0. The van der Waals surface area contributed by atoms with E-state index >= 15 is 0 Å². The van der Waals surface area contributed by atoms with E-state index in [0.29, 0.717) is 0 Å². The van der Waals surface area contributed by atoms with E-state index in [4.69, 9.17) is 9.72 Å². The van der Waals surface area contributed by atoms with Crippen LogP contribution in [-0.2, 0) is 16.2 Å². The van der Waals surface area contributed by atoms with E-state index in [2.05, 4.69) is 205 Å². The van der Waals surface area contributed by atoms with Gasteiger partial charge in [0.1, 0.15) is 17.3 Å². The van der Waals surface area contributed by atoms with E-state index in [1.165, 1.54) is 33.2 Å². The van der Waals surface area contributed by atoms with Crippen molar-refractivity contribution in [1.29, 1.82) is 0 Å². The maximum atomic E-state index is 6.72. The molecule has 0 aliphatic carbocycles. The zero-order valence-electron chi connectivity index (χ0n) is 34.9. The van der Waals surface area contributed by atoms with Crippen LogP contribution in [0.25, 0.3) is 39.0 Å². The van der Waals surface area contributed by atoms with Crippen molar-refractivity contribution in [3.63, 3.8) is 0 Å². The van der Waals surface area contributed by atoms with E-state index in [0.717, 1.165) is 45.1 Å². The topological polar surface area (TPSA) is 35.9 Å². The highest BCUT2D eigenvalue weighted by Crippen LogP contribution is 2.43. The lowest BCUT2D eigenvalue weighted by atomic mass is 9.76. The van der Waals surface area contributed by atoms with Crippen LogP contribution in [0.1, 0.15) is 76.3 Å². The monoisotopic (exact) mass is 770 g/mol. The number of rotatable bonds is 9. The first kappa shape index (κ1) is 37.8. The summed E-state index contributed by atoms with van der Waals surface area (Å²) in [4.78, 5) is 5.05. The molecule has 5 heteroatoms.